The van der Waals surface area contributed by atoms with Gasteiger partial charge in [0.15, 0.2) is 0 Å². The van der Waals surface area contributed by atoms with Crippen LogP contribution in [0.5, 0.6) is 0 Å². The van der Waals surface area contributed by atoms with Gasteiger partial charge in [-0.1, -0.05) is 174 Å². The maximum absolute atomic E-state index is 2.44. The van der Waals surface area contributed by atoms with E-state index in [1.165, 1.54) is 126 Å². The monoisotopic (exact) mass is 514 g/mol. The Morgan fingerprint density at radius 1 is 0.622 bits per heavy atom. The van der Waals surface area contributed by atoms with Gasteiger partial charge in [-0.25, -0.2) is 0 Å². The molecule has 1 aliphatic carbocycles. The van der Waals surface area contributed by atoms with Crippen LogP contribution in [0.4, 0.5) is 0 Å². The van der Waals surface area contributed by atoms with Gasteiger partial charge in [-0.2, -0.15) is 0 Å². The second kappa shape index (κ2) is 18.4. The van der Waals surface area contributed by atoms with Gasteiger partial charge in [0.2, 0.25) is 0 Å². The maximum atomic E-state index is 2.44. The molecular formula is C36H54Si. The van der Waals surface area contributed by atoms with Crippen LogP contribution >= 0.6 is 0 Å². The van der Waals surface area contributed by atoms with Gasteiger partial charge in [0, 0.05) is 0 Å². The molecule has 2 aromatic carbocycles. The zero-order valence-electron chi connectivity index (χ0n) is 24.2. The van der Waals surface area contributed by atoms with Gasteiger partial charge in [0.1, 0.15) is 0 Å². The third-order valence-corrected chi connectivity index (χ3v) is 10.4. The maximum Gasteiger partial charge on any atom is 0.0840 e. The molecular weight excluding hydrogens is 460 g/mol. The lowest BCUT2D eigenvalue weighted by molar-refractivity contribution is 0.529. The van der Waals surface area contributed by atoms with Crippen molar-refractivity contribution in [2.45, 2.75) is 129 Å². The Labute approximate surface area is 231 Å². The van der Waals surface area contributed by atoms with Gasteiger partial charge in [-0.3, -0.25) is 0 Å². The smallest absolute Gasteiger partial charge is 0.0802 e. The number of unbranched alkanes of at least 4 members (excludes halogenated alkanes) is 15. The van der Waals surface area contributed by atoms with Crippen LogP contribution in [0.3, 0.4) is 0 Å². The summed E-state index contributed by atoms with van der Waals surface area (Å²) in [5, 5.41) is 3.40. The van der Waals surface area contributed by atoms with E-state index >= 15 is 0 Å². The fourth-order valence-electron chi connectivity index (χ4n) is 6.00. The van der Waals surface area contributed by atoms with E-state index < -0.39 is 9.52 Å². The number of hydrogen-bond acceptors (Lipinski definition) is 0. The highest BCUT2D eigenvalue weighted by Crippen LogP contribution is 2.27. The van der Waals surface area contributed by atoms with E-state index in [-0.39, 0.29) is 0 Å². The Hall–Kier alpha value is -1.86. The van der Waals surface area contributed by atoms with E-state index in [9.17, 15) is 0 Å². The van der Waals surface area contributed by atoms with Crippen LogP contribution in [0, 0.1) is 6.92 Å². The third-order valence-electron chi connectivity index (χ3n) is 8.31. The molecule has 0 fully saturated rings. The summed E-state index contributed by atoms with van der Waals surface area (Å²) in [6, 6.07) is 18.1. The Kier molecular flexibility index (Phi) is 14.8. The van der Waals surface area contributed by atoms with Gasteiger partial charge >= 0.3 is 0 Å². The summed E-state index contributed by atoms with van der Waals surface area (Å²) >= 11 is 0. The van der Waals surface area contributed by atoms with E-state index in [2.05, 4.69) is 74.5 Å². The minimum absolute atomic E-state index is 0.426. The van der Waals surface area contributed by atoms with Crippen LogP contribution in [-0.2, 0) is 6.42 Å². The highest BCUT2D eigenvalue weighted by molar-refractivity contribution is 6.63. The Morgan fingerprint density at radius 3 is 1.78 bits per heavy atom. The van der Waals surface area contributed by atoms with Gasteiger partial charge in [-0.15, -0.1) is 0 Å². The highest BCUT2D eigenvalue weighted by atomic mass is 28.2. The first-order valence-corrected chi connectivity index (χ1v) is 17.2. The molecule has 0 atom stereocenters. The molecule has 0 amide bonds. The molecule has 0 unspecified atom stereocenters. The molecule has 0 saturated carbocycles. The summed E-state index contributed by atoms with van der Waals surface area (Å²) in [6.07, 6.45) is 30.2. The summed E-state index contributed by atoms with van der Waals surface area (Å²) < 4.78 is 0. The minimum Gasteiger partial charge on any atom is -0.0802 e. The summed E-state index contributed by atoms with van der Waals surface area (Å²) in [7, 11) is -0.426. The molecule has 2 aromatic rings. The third kappa shape index (κ3) is 11.2. The molecule has 0 heterocycles. The van der Waals surface area contributed by atoms with Gasteiger partial charge in [-0.05, 0) is 48.4 Å². The van der Waals surface area contributed by atoms with Crippen molar-refractivity contribution in [1.82, 2.24) is 0 Å². The van der Waals surface area contributed by atoms with E-state index in [4.69, 9.17) is 0 Å². The number of hydrogen-bond donors (Lipinski definition) is 0. The number of aryl methyl sites for hydroxylation is 1. The zero-order valence-corrected chi connectivity index (χ0v) is 25.6. The molecule has 0 nitrogen and oxygen atoms in total. The minimum atomic E-state index is -0.426. The number of benzene rings is 2. The first kappa shape index (κ1) is 29.7. The molecule has 1 heteroatoms. The predicted octanol–water partition coefficient (Wildman–Crippen LogP) is 9.96. The molecule has 3 rings (SSSR count). The Balaban J connectivity index is 1.29. The summed E-state index contributed by atoms with van der Waals surface area (Å²) in [5.74, 6) is 0. The summed E-state index contributed by atoms with van der Waals surface area (Å²) in [5.41, 5.74) is 6.08. The predicted molar refractivity (Wildman–Crippen MR) is 170 cm³/mol. The van der Waals surface area contributed by atoms with Crippen molar-refractivity contribution in [3.8, 4) is 0 Å². The van der Waals surface area contributed by atoms with Crippen molar-refractivity contribution in [2.24, 2.45) is 0 Å². The van der Waals surface area contributed by atoms with E-state index in [0.29, 0.717) is 0 Å². The highest BCUT2D eigenvalue weighted by Gasteiger charge is 2.14. The molecule has 0 aromatic heterocycles. The van der Waals surface area contributed by atoms with Crippen LogP contribution in [0.1, 0.15) is 133 Å². The van der Waals surface area contributed by atoms with Gasteiger partial charge in [0.25, 0.3) is 0 Å². The molecule has 0 spiro atoms. The molecule has 0 saturated heterocycles. The lowest BCUT2D eigenvalue weighted by atomic mass is 10.0. The molecule has 202 valence electrons. The topological polar surface area (TPSA) is 0 Å². The van der Waals surface area contributed by atoms with Crippen LogP contribution in [-0.4, -0.2) is 9.52 Å². The molecule has 0 N–H and O–H groups in total. The quantitative estimate of drug-likeness (QED) is 0.122. The van der Waals surface area contributed by atoms with E-state index in [1.54, 1.807) is 15.9 Å². The fourth-order valence-corrected chi connectivity index (χ4v) is 8.20. The fraction of sp³-hybridized carbons (Fsp3) is 0.556. The Bertz CT molecular complexity index is 936. The van der Waals surface area contributed by atoms with Crippen molar-refractivity contribution in [2.75, 3.05) is 0 Å². The summed E-state index contributed by atoms with van der Waals surface area (Å²) in [4.78, 5) is 0. The van der Waals surface area contributed by atoms with Crippen molar-refractivity contribution < 1.29 is 0 Å². The average Bonchev–Trinajstić information content (AvgIpc) is 3.38. The van der Waals surface area contributed by atoms with Crippen LogP contribution in [0.15, 0.2) is 65.9 Å². The van der Waals surface area contributed by atoms with E-state index in [0.717, 1.165) is 6.42 Å². The second-order valence-electron chi connectivity index (χ2n) is 11.4. The lowest BCUT2D eigenvalue weighted by Gasteiger charge is -2.15. The number of allylic oxidation sites excluding steroid dienone is 4. The first-order valence-electron chi connectivity index (χ1n) is 15.8. The van der Waals surface area contributed by atoms with Gasteiger partial charge < -0.3 is 0 Å². The largest absolute Gasteiger partial charge is 0.0840 e. The van der Waals surface area contributed by atoms with Crippen molar-refractivity contribution in [3.05, 3.63) is 82.6 Å². The van der Waals surface area contributed by atoms with Crippen LogP contribution in [0.25, 0.3) is 5.57 Å². The lowest BCUT2D eigenvalue weighted by Crippen LogP contribution is -2.22. The molecule has 0 bridgehead atoms. The second-order valence-corrected chi connectivity index (χ2v) is 13.4. The molecule has 0 aliphatic heterocycles. The zero-order chi connectivity index (χ0) is 26.0. The van der Waals surface area contributed by atoms with Crippen molar-refractivity contribution >= 4 is 20.3 Å². The average molecular weight is 515 g/mol. The summed E-state index contributed by atoms with van der Waals surface area (Å²) in [6.45, 7) is 4.64. The van der Waals surface area contributed by atoms with Gasteiger partial charge in [0.05, 0.1) is 9.52 Å². The molecule has 37 heavy (non-hydrogen) atoms. The Morgan fingerprint density at radius 2 is 1.19 bits per heavy atom. The van der Waals surface area contributed by atoms with Crippen LogP contribution < -0.4 is 5.19 Å². The SMILES string of the molecule is CCCCCCCCCCCCCCCCCCc1c(C)cccc1[SiH2]C1=C(c2ccccc2)C=CC1. The molecule has 1 aliphatic rings. The molecule has 0 radical (unpaired) electrons. The van der Waals surface area contributed by atoms with Crippen molar-refractivity contribution in [3.63, 3.8) is 0 Å². The standard InChI is InChI=1S/C36H54Si/c1-3-4-5-6-7-8-9-10-11-12-13-14-15-16-17-21-27-33-31(2)24-22-29-35(33)37-36-30-23-28-34(36)32-25-19-18-20-26-32/h18-20,22-26,28-29H,3-17,21,27,30,37H2,1-2H3. The number of rotatable bonds is 20. The van der Waals surface area contributed by atoms with E-state index in [1.807, 2.05) is 0 Å². The van der Waals surface area contributed by atoms with Crippen LogP contribution in [0.2, 0.25) is 0 Å². The normalized spacial score (nSPS) is 13.5. The van der Waals surface area contributed by atoms with Crippen molar-refractivity contribution in [1.29, 1.82) is 0 Å². The first-order chi connectivity index (χ1) is 18.3.